The first-order valence-electron chi connectivity index (χ1n) is 34.9. The number of rotatable bonds is 12. The number of hydrogen-bond donors (Lipinski definition) is 0. The molecule has 20 aromatic rings. The molecule has 0 bridgehead atoms. The minimum atomic E-state index is 0.615. The first-order valence-corrected chi connectivity index (χ1v) is 34.9. The second-order valence-electron chi connectivity index (χ2n) is 25.8. The average molecular weight is 1330 g/mol. The van der Waals surface area contributed by atoms with Gasteiger partial charge in [-0.25, -0.2) is 24.9 Å². The molecule has 6 aromatic heterocycles. The van der Waals surface area contributed by atoms with E-state index in [1.165, 1.54) is 0 Å². The van der Waals surface area contributed by atoms with Crippen LogP contribution in [0.25, 0.3) is 190 Å². The Morgan fingerprint density at radius 2 is 0.510 bits per heavy atom. The van der Waals surface area contributed by atoms with Crippen molar-refractivity contribution in [1.82, 2.24) is 34.1 Å². The highest BCUT2D eigenvalue weighted by Crippen LogP contribution is 2.49. The summed E-state index contributed by atoms with van der Waals surface area (Å²) in [6.07, 6.45) is 0. The van der Waals surface area contributed by atoms with Crippen LogP contribution in [0.15, 0.2) is 379 Å². The zero-order valence-electron chi connectivity index (χ0n) is 56.2. The standard InChI is InChI=1S/C48H31N3O.C47H30N4O/c1-5-16-32(17-6-1)40-31-41(50-48(49-40)35-22-11-4-12-23-35)36-24-15-25-37(30-36)51-42-27-14-13-26-38(42)45-43(51)29-28-39-44(33-18-7-2-8-19-33)46(52-47(39)45)34-20-9-3-10-21-34;1-5-16-31(17-6-1)41-38-28-29-40-42(44(38)52-43(41)32-18-7-2-8-19-32)37-26-13-14-27-39(37)51(40)36-25-15-24-35(30-36)47-49-45(33-20-9-3-10-21-33)48-46(50-47)34-22-11-4-12-23-34/h1-31H;1-30H. The molecule has 9 nitrogen and oxygen atoms in total. The van der Waals surface area contributed by atoms with Crippen molar-refractivity contribution in [2.75, 3.05) is 0 Å². The maximum Gasteiger partial charge on any atom is 0.164 e. The molecule has 0 radical (unpaired) electrons. The Balaban J connectivity index is 0.000000143. The third-order valence-electron chi connectivity index (χ3n) is 19.5. The molecule has 0 aliphatic rings. The molecular formula is C95H61N7O2. The lowest BCUT2D eigenvalue weighted by molar-refractivity contribution is 0.635. The highest BCUT2D eigenvalue weighted by atomic mass is 16.3. The van der Waals surface area contributed by atoms with Gasteiger partial charge in [-0.2, -0.15) is 0 Å². The predicted molar refractivity (Wildman–Crippen MR) is 424 cm³/mol. The number of benzene rings is 14. The van der Waals surface area contributed by atoms with E-state index < -0.39 is 0 Å². The zero-order valence-corrected chi connectivity index (χ0v) is 56.2. The van der Waals surface area contributed by atoms with Gasteiger partial charge in [0.1, 0.15) is 22.7 Å². The van der Waals surface area contributed by atoms with Crippen molar-refractivity contribution in [3.8, 4) is 124 Å². The molecule has 0 spiro atoms. The molecule has 9 heteroatoms. The number of nitrogens with zero attached hydrogens (tertiary/aromatic N) is 7. The quantitative estimate of drug-likeness (QED) is 0.120. The van der Waals surface area contributed by atoms with Crippen molar-refractivity contribution in [2.24, 2.45) is 0 Å². The van der Waals surface area contributed by atoms with Crippen molar-refractivity contribution in [3.63, 3.8) is 0 Å². The minimum Gasteiger partial charge on any atom is -0.455 e. The molecule has 488 valence electrons. The van der Waals surface area contributed by atoms with Gasteiger partial charge in [0.15, 0.2) is 23.3 Å². The third kappa shape index (κ3) is 11.0. The summed E-state index contributed by atoms with van der Waals surface area (Å²) in [5.74, 6) is 4.32. The molecule has 0 amide bonds. The van der Waals surface area contributed by atoms with E-state index in [-0.39, 0.29) is 0 Å². The summed E-state index contributed by atoms with van der Waals surface area (Å²) in [5.41, 5.74) is 22.3. The molecule has 104 heavy (non-hydrogen) atoms. The maximum atomic E-state index is 6.98. The summed E-state index contributed by atoms with van der Waals surface area (Å²) >= 11 is 0. The molecule has 0 fully saturated rings. The second kappa shape index (κ2) is 26.2. The van der Waals surface area contributed by atoms with Crippen LogP contribution in [0.2, 0.25) is 0 Å². The summed E-state index contributed by atoms with van der Waals surface area (Å²) in [6, 6.07) is 128. The van der Waals surface area contributed by atoms with Crippen LogP contribution in [-0.4, -0.2) is 34.1 Å². The van der Waals surface area contributed by atoms with Crippen LogP contribution in [0.3, 0.4) is 0 Å². The second-order valence-corrected chi connectivity index (χ2v) is 25.8. The highest BCUT2D eigenvalue weighted by Gasteiger charge is 2.26. The largest absolute Gasteiger partial charge is 0.455 e. The van der Waals surface area contributed by atoms with Crippen LogP contribution >= 0.6 is 0 Å². The first kappa shape index (κ1) is 61.0. The van der Waals surface area contributed by atoms with Gasteiger partial charge in [-0.05, 0) is 77.9 Å². The Morgan fingerprint density at radius 1 is 0.202 bits per heavy atom. The normalized spacial score (nSPS) is 11.5. The molecule has 0 saturated heterocycles. The van der Waals surface area contributed by atoms with Gasteiger partial charge in [-0.3, -0.25) is 0 Å². The van der Waals surface area contributed by atoms with Gasteiger partial charge in [0, 0.05) is 88.6 Å². The van der Waals surface area contributed by atoms with Gasteiger partial charge in [0.25, 0.3) is 0 Å². The minimum absolute atomic E-state index is 0.615. The Labute approximate surface area is 599 Å². The fourth-order valence-electron chi connectivity index (χ4n) is 14.7. The molecule has 6 heterocycles. The summed E-state index contributed by atoms with van der Waals surface area (Å²) in [6.45, 7) is 0. The summed E-state index contributed by atoms with van der Waals surface area (Å²) in [7, 11) is 0. The van der Waals surface area contributed by atoms with E-state index in [2.05, 4.69) is 270 Å². The van der Waals surface area contributed by atoms with Crippen molar-refractivity contribution in [1.29, 1.82) is 0 Å². The number of furan rings is 2. The molecular weight excluding hydrogens is 1270 g/mol. The Hall–Kier alpha value is -14.2. The Bertz CT molecular complexity index is 6040. The summed E-state index contributed by atoms with van der Waals surface area (Å²) in [4.78, 5) is 25.1. The van der Waals surface area contributed by atoms with E-state index in [1.54, 1.807) is 0 Å². The first-order chi connectivity index (χ1) is 51.6. The lowest BCUT2D eigenvalue weighted by atomic mass is 9.98. The van der Waals surface area contributed by atoms with Crippen LogP contribution < -0.4 is 0 Å². The highest BCUT2D eigenvalue weighted by molar-refractivity contribution is 6.24. The van der Waals surface area contributed by atoms with Crippen molar-refractivity contribution >= 4 is 65.6 Å². The van der Waals surface area contributed by atoms with Crippen LogP contribution in [0.4, 0.5) is 0 Å². The fourth-order valence-corrected chi connectivity index (χ4v) is 14.7. The predicted octanol–water partition coefficient (Wildman–Crippen LogP) is 24.7. The average Bonchev–Trinajstić information content (AvgIpc) is 1.56. The zero-order chi connectivity index (χ0) is 68.9. The summed E-state index contributed by atoms with van der Waals surface area (Å²) < 4.78 is 18.6. The summed E-state index contributed by atoms with van der Waals surface area (Å²) in [5, 5.41) is 6.62. The third-order valence-corrected chi connectivity index (χ3v) is 19.5. The SMILES string of the molecule is c1ccc(-c2cc(-c3cccc(-n4c5ccccc5c5c6oc(-c7ccccc7)c(-c7ccccc7)c6ccc54)c3)nc(-c3ccccc3)n2)cc1.c1ccc(-c2nc(-c3ccccc3)nc(-c3cccc(-n4c5ccccc5c5c6oc(-c7ccccc7)c(-c7ccccc7)c6ccc54)c3)n2)cc1. The Morgan fingerprint density at radius 3 is 0.923 bits per heavy atom. The van der Waals surface area contributed by atoms with E-state index in [4.69, 9.17) is 33.8 Å². The number of para-hydroxylation sites is 2. The molecule has 0 aliphatic heterocycles. The molecule has 0 aliphatic carbocycles. The van der Waals surface area contributed by atoms with E-state index >= 15 is 0 Å². The van der Waals surface area contributed by atoms with Gasteiger partial charge >= 0.3 is 0 Å². The van der Waals surface area contributed by atoms with Crippen molar-refractivity contribution in [2.45, 2.75) is 0 Å². The Kier molecular flexibility index (Phi) is 15.3. The molecule has 0 atom stereocenters. The van der Waals surface area contributed by atoms with Crippen molar-refractivity contribution in [3.05, 3.63) is 370 Å². The van der Waals surface area contributed by atoms with Crippen LogP contribution in [0.5, 0.6) is 0 Å². The van der Waals surface area contributed by atoms with Crippen molar-refractivity contribution < 1.29 is 8.83 Å². The molecule has 14 aromatic carbocycles. The van der Waals surface area contributed by atoms with E-state index in [1.807, 2.05) is 109 Å². The van der Waals surface area contributed by atoms with E-state index in [0.717, 1.165) is 167 Å². The lowest BCUT2D eigenvalue weighted by Crippen LogP contribution is -2.01. The smallest absolute Gasteiger partial charge is 0.164 e. The number of aromatic nitrogens is 7. The molecule has 20 rings (SSSR count). The molecule has 0 saturated carbocycles. The van der Waals surface area contributed by atoms with Gasteiger partial charge in [-0.1, -0.05) is 303 Å². The van der Waals surface area contributed by atoms with Crippen LogP contribution in [0, 0.1) is 0 Å². The maximum absolute atomic E-state index is 6.98. The fraction of sp³-hybridized carbons (Fsp3) is 0. The van der Waals surface area contributed by atoms with Gasteiger partial charge in [-0.15, -0.1) is 0 Å². The topological polar surface area (TPSA) is 101 Å². The molecule has 0 N–H and O–H groups in total. The van der Waals surface area contributed by atoms with Gasteiger partial charge < -0.3 is 18.0 Å². The van der Waals surface area contributed by atoms with Gasteiger partial charge in [0.2, 0.25) is 0 Å². The van der Waals surface area contributed by atoms with Crippen LogP contribution in [-0.2, 0) is 0 Å². The van der Waals surface area contributed by atoms with E-state index in [0.29, 0.717) is 23.3 Å². The number of hydrogen-bond acceptors (Lipinski definition) is 7. The number of fused-ring (bicyclic) bond motifs is 10. The van der Waals surface area contributed by atoms with E-state index in [9.17, 15) is 0 Å². The van der Waals surface area contributed by atoms with Crippen LogP contribution in [0.1, 0.15) is 0 Å². The van der Waals surface area contributed by atoms with Gasteiger partial charge in [0.05, 0.1) is 44.2 Å². The monoisotopic (exact) mass is 1330 g/mol. The molecule has 0 unspecified atom stereocenters. The lowest BCUT2D eigenvalue weighted by Gasteiger charge is -2.12.